The highest BCUT2D eigenvalue weighted by Crippen LogP contribution is 2.49. The molecule has 1 fully saturated rings. The Bertz CT molecular complexity index is 540. The van der Waals surface area contributed by atoms with Gasteiger partial charge >= 0.3 is 6.18 Å². The topological polar surface area (TPSA) is 38.7 Å². The molecule has 0 aliphatic heterocycles. The lowest BCUT2D eigenvalue weighted by Gasteiger charge is -2.44. The van der Waals surface area contributed by atoms with Crippen molar-refractivity contribution in [1.29, 1.82) is 0 Å². The largest absolute Gasteiger partial charge is 0.414 e. The maximum Gasteiger partial charge on any atom is 0.399 e. The summed E-state index contributed by atoms with van der Waals surface area (Å²) < 4.78 is 62.8. The van der Waals surface area contributed by atoms with Crippen molar-refractivity contribution < 1.29 is 21.8 Å². The summed E-state index contributed by atoms with van der Waals surface area (Å²) in [4.78, 5) is 0. The summed E-state index contributed by atoms with van der Waals surface area (Å²) in [7, 11) is -3.70. The van der Waals surface area contributed by atoms with Crippen LogP contribution in [0.25, 0.3) is 0 Å². The summed E-state index contributed by atoms with van der Waals surface area (Å²) in [6, 6.07) is 0. The Hall–Kier alpha value is -0.213. The fourth-order valence-electron chi connectivity index (χ4n) is 2.61. The fourth-order valence-corrected chi connectivity index (χ4v) is 4.65. The lowest BCUT2D eigenvalue weighted by atomic mass is 9.73. The first-order chi connectivity index (χ1) is 11.4. The lowest BCUT2D eigenvalue weighted by molar-refractivity contribution is -0.208. The van der Waals surface area contributed by atoms with Gasteiger partial charge in [-0.05, 0) is 64.6 Å². The third-order valence-corrected chi connectivity index (χ3v) is 11.5. The minimum Gasteiger partial charge on any atom is -0.414 e. The normalized spacial score (nSPS) is 27.7. The van der Waals surface area contributed by atoms with Crippen LogP contribution >= 0.6 is 0 Å². The molecule has 1 unspecified atom stereocenters. The Kier molecular flexibility index (Phi) is 7.02. The lowest BCUT2D eigenvalue weighted by Crippen LogP contribution is -2.48. The van der Waals surface area contributed by atoms with Gasteiger partial charge in [0.1, 0.15) is 16.4 Å². The second kappa shape index (κ2) is 7.66. The second-order valence-corrected chi connectivity index (χ2v) is 16.5. The highest BCUT2D eigenvalue weighted by molar-refractivity contribution is 7.85. The minimum atomic E-state index is -4.40. The molecular formula is C18H34F3NO2SSi. The monoisotopic (exact) mass is 413 g/mol. The first-order valence-corrected chi connectivity index (χ1v) is 13.1. The number of alkyl halides is 3. The van der Waals surface area contributed by atoms with Crippen molar-refractivity contribution in [3.8, 4) is 0 Å². The molecule has 8 heteroatoms. The van der Waals surface area contributed by atoms with E-state index in [9.17, 15) is 17.4 Å². The summed E-state index contributed by atoms with van der Waals surface area (Å²) >= 11 is 0. The van der Waals surface area contributed by atoms with Crippen molar-refractivity contribution in [2.24, 2.45) is 9.81 Å². The molecule has 0 N–H and O–H groups in total. The maximum atomic E-state index is 13.8. The van der Waals surface area contributed by atoms with Crippen LogP contribution in [0, 0.1) is 5.41 Å². The molecule has 1 aliphatic rings. The number of halogens is 3. The minimum absolute atomic E-state index is 0.0244. The summed E-state index contributed by atoms with van der Waals surface area (Å²) in [5.74, 6) is 0. The number of nitrogens with zero attached hydrogens (tertiary/aromatic N) is 1. The average molecular weight is 414 g/mol. The van der Waals surface area contributed by atoms with Crippen molar-refractivity contribution in [3.63, 3.8) is 0 Å². The van der Waals surface area contributed by atoms with Crippen LogP contribution in [-0.2, 0) is 15.4 Å². The summed E-state index contributed by atoms with van der Waals surface area (Å²) in [6.45, 7) is 15.7. The van der Waals surface area contributed by atoms with E-state index >= 15 is 0 Å². The second-order valence-electron chi connectivity index (χ2n) is 9.83. The highest BCUT2D eigenvalue weighted by Gasteiger charge is 2.55. The molecule has 0 heterocycles. The quantitative estimate of drug-likeness (QED) is 0.417. The number of hydrogen-bond acceptors (Lipinski definition) is 2. The van der Waals surface area contributed by atoms with Gasteiger partial charge in [-0.25, -0.2) is 4.21 Å². The van der Waals surface area contributed by atoms with E-state index in [2.05, 4.69) is 38.3 Å². The fraction of sp³-hybridized carbons (Fsp3) is 0.944. The van der Waals surface area contributed by atoms with Gasteiger partial charge in [-0.15, -0.1) is 0 Å². The Morgan fingerprint density at radius 2 is 1.54 bits per heavy atom. The molecule has 1 saturated carbocycles. The van der Waals surface area contributed by atoms with Gasteiger partial charge in [-0.1, -0.05) is 20.8 Å². The molecule has 0 aromatic heterocycles. The molecule has 1 atom stereocenters. The van der Waals surface area contributed by atoms with Gasteiger partial charge in [0, 0.05) is 12.3 Å². The highest BCUT2D eigenvalue weighted by atomic mass is 32.2. The maximum absolute atomic E-state index is 13.8. The summed E-state index contributed by atoms with van der Waals surface area (Å²) in [6.07, 6.45) is -3.08. The Balaban J connectivity index is 2.92. The molecule has 3 nitrogen and oxygen atoms in total. The van der Waals surface area contributed by atoms with Gasteiger partial charge in [0.2, 0.25) is 0 Å². The molecule has 0 saturated heterocycles. The van der Waals surface area contributed by atoms with Crippen molar-refractivity contribution in [1.82, 2.24) is 0 Å². The van der Waals surface area contributed by atoms with E-state index in [1.807, 2.05) is 0 Å². The number of rotatable bonds is 4. The van der Waals surface area contributed by atoms with Gasteiger partial charge in [-0.2, -0.15) is 17.6 Å². The van der Waals surface area contributed by atoms with Crippen LogP contribution in [0.2, 0.25) is 18.1 Å². The van der Waals surface area contributed by atoms with E-state index in [-0.39, 0.29) is 24.0 Å². The van der Waals surface area contributed by atoms with Crippen LogP contribution in [0.15, 0.2) is 4.40 Å². The Labute approximate surface area is 159 Å². The van der Waals surface area contributed by atoms with Crippen LogP contribution in [0.1, 0.15) is 67.2 Å². The summed E-state index contributed by atoms with van der Waals surface area (Å²) in [5, 5.41) is 0.0244. The third kappa shape index (κ3) is 5.64. The predicted octanol–water partition coefficient (Wildman–Crippen LogP) is 6.03. The molecule has 0 spiro atoms. The van der Waals surface area contributed by atoms with Crippen molar-refractivity contribution in [3.05, 3.63) is 0 Å². The molecule has 0 radical (unpaired) electrons. The van der Waals surface area contributed by atoms with E-state index < -0.39 is 35.6 Å². The molecular weight excluding hydrogens is 379 g/mol. The van der Waals surface area contributed by atoms with E-state index in [4.69, 9.17) is 4.43 Å². The van der Waals surface area contributed by atoms with Gasteiger partial charge in [0.15, 0.2) is 8.32 Å². The van der Waals surface area contributed by atoms with E-state index in [0.717, 1.165) is 6.21 Å². The predicted molar refractivity (Wildman–Crippen MR) is 105 cm³/mol. The summed E-state index contributed by atoms with van der Waals surface area (Å²) in [5.41, 5.74) is -2.00. The Morgan fingerprint density at radius 3 is 1.88 bits per heavy atom. The van der Waals surface area contributed by atoms with Crippen LogP contribution < -0.4 is 0 Å². The molecule has 0 aromatic rings. The zero-order chi connectivity index (χ0) is 20.6. The molecule has 0 bridgehead atoms. The first-order valence-electron chi connectivity index (χ1n) is 9.13. The van der Waals surface area contributed by atoms with Crippen molar-refractivity contribution >= 4 is 25.5 Å². The van der Waals surface area contributed by atoms with Crippen LogP contribution in [-0.4, -0.2) is 35.8 Å². The van der Waals surface area contributed by atoms with Crippen molar-refractivity contribution in [2.75, 3.05) is 0 Å². The first kappa shape index (κ1) is 23.8. The van der Waals surface area contributed by atoms with Crippen LogP contribution in [0.5, 0.6) is 0 Å². The van der Waals surface area contributed by atoms with Gasteiger partial charge < -0.3 is 4.43 Å². The number of hydrogen-bond donors (Lipinski definition) is 0. The van der Waals surface area contributed by atoms with Crippen LogP contribution in [0.4, 0.5) is 13.2 Å². The molecule has 0 aromatic carbocycles. The standard InChI is InChI=1S/C18H34F3NO2SSi/c1-15(2,3)25(23)22-13-17(18(19,20)21)11-9-14(10-12-17)24-26(7,8)16(4,5)6/h13-14H,9-12H2,1-8H3. The Morgan fingerprint density at radius 1 is 1.08 bits per heavy atom. The van der Waals surface area contributed by atoms with Gasteiger partial charge in [0.05, 0.1) is 4.75 Å². The zero-order valence-corrected chi connectivity index (χ0v) is 19.1. The molecule has 154 valence electrons. The van der Waals surface area contributed by atoms with E-state index in [1.54, 1.807) is 20.8 Å². The average Bonchev–Trinajstić information content (AvgIpc) is 2.42. The zero-order valence-electron chi connectivity index (χ0n) is 17.3. The van der Waals surface area contributed by atoms with Crippen molar-refractivity contribution in [2.45, 2.75) is 102 Å². The van der Waals surface area contributed by atoms with E-state index in [1.165, 1.54) is 0 Å². The molecule has 1 aliphatic carbocycles. The van der Waals surface area contributed by atoms with Gasteiger partial charge in [-0.3, -0.25) is 0 Å². The third-order valence-electron chi connectivity index (χ3n) is 5.58. The van der Waals surface area contributed by atoms with Gasteiger partial charge in [0.25, 0.3) is 0 Å². The SMILES string of the molecule is CC(C)(C)S(=O)N=CC1(C(F)(F)F)CCC(O[Si](C)(C)C(C)(C)C)CC1. The smallest absolute Gasteiger partial charge is 0.399 e. The molecule has 0 amide bonds. The molecule has 1 rings (SSSR count). The van der Waals surface area contributed by atoms with Crippen LogP contribution in [0.3, 0.4) is 0 Å². The van der Waals surface area contributed by atoms with E-state index in [0.29, 0.717) is 12.8 Å². The molecule has 26 heavy (non-hydrogen) atoms.